The van der Waals surface area contributed by atoms with Gasteiger partial charge in [0.2, 0.25) is 0 Å². The Labute approximate surface area is 73.2 Å². The highest BCUT2D eigenvalue weighted by molar-refractivity contribution is 5.95. The van der Waals surface area contributed by atoms with Gasteiger partial charge in [-0.3, -0.25) is 4.79 Å². The summed E-state index contributed by atoms with van der Waals surface area (Å²) in [5, 5.41) is 0. The van der Waals surface area contributed by atoms with Gasteiger partial charge in [0, 0.05) is 5.92 Å². The van der Waals surface area contributed by atoms with Crippen molar-refractivity contribution in [3.63, 3.8) is 0 Å². The van der Waals surface area contributed by atoms with Crippen molar-refractivity contribution in [2.24, 2.45) is 11.8 Å². The number of fused-ring (bicyclic) bond motifs is 1. The van der Waals surface area contributed by atoms with E-state index in [2.05, 4.69) is 19.9 Å². The lowest BCUT2D eigenvalue weighted by atomic mass is 9.78. The Morgan fingerprint density at radius 3 is 2.67 bits per heavy atom. The predicted molar refractivity (Wildman–Crippen MR) is 48.7 cm³/mol. The molecule has 0 amide bonds. The molecule has 0 saturated heterocycles. The lowest BCUT2D eigenvalue weighted by molar-refractivity contribution is -0.118. The summed E-state index contributed by atoms with van der Waals surface area (Å²) in [6.45, 7) is 4.33. The SMILES string of the molecule is CC1=C(C)C[C@@H]2C(=O)C=C[C@@H]2C1. The molecule has 64 valence electrons. The second-order valence-corrected chi connectivity index (χ2v) is 4.00. The Morgan fingerprint density at radius 1 is 1.25 bits per heavy atom. The molecule has 12 heavy (non-hydrogen) atoms. The van der Waals surface area contributed by atoms with Gasteiger partial charge in [0.15, 0.2) is 5.78 Å². The normalized spacial score (nSPS) is 34.3. The fourth-order valence-electron chi connectivity index (χ4n) is 2.18. The molecule has 0 unspecified atom stereocenters. The molecule has 0 aliphatic heterocycles. The van der Waals surface area contributed by atoms with Crippen LogP contribution in [-0.4, -0.2) is 5.78 Å². The Kier molecular flexibility index (Phi) is 1.67. The zero-order valence-electron chi connectivity index (χ0n) is 7.63. The van der Waals surface area contributed by atoms with E-state index in [1.54, 1.807) is 6.08 Å². The van der Waals surface area contributed by atoms with E-state index in [1.807, 2.05) is 0 Å². The molecule has 0 saturated carbocycles. The van der Waals surface area contributed by atoms with E-state index in [0.29, 0.717) is 11.7 Å². The molecule has 0 N–H and O–H groups in total. The second kappa shape index (κ2) is 2.58. The van der Waals surface area contributed by atoms with Crippen LogP contribution in [0, 0.1) is 11.8 Å². The number of allylic oxidation sites excluding steroid dienone is 4. The van der Waals surface area contributed by atoms with Crippen molar-refractivity contribution in [3.05, 3.63) is 23.3 Å². The summed E-state index contributed by atoms with van der Waals surface area (Å²) in [7, 11) is 0. The van der Waals surface area contributed by atoms with Crippen LogP contribution in [0.25, 0.3) is 0 Å². The Hall–Kier alpha value is -0.850. The molecule has 2 aliphatic carbocycles. The van der Waals surface area contributed by atoms with Gasteiger partial charge < -0.3 is 0 Å². The Balaban J connectivity index is 2.26. The number of carbonyl (C=O) groups is 1. The van der Waals surface area contributed by atoms with Gasteiger partial charge in [-0.1, -0.05) is 17.2 Å². The molecule has 0 aromatic heterocycles. The summed E-state index contributed by atoms with van der Waals surface area (Å²) < 4.78 is 0. The quantitative estimate of drug-likeness (QED) is 0.500. The van der Waals surface area contributed by atoms with Crippen molar-refractivity contribution in [1.82, 2.24) is 0 Å². The monoisotopic (exact) mass is 162 g/mol. The summed E-state index contributed by atoms with van der Waals surface area (Å²) in [6, 6.07) is 0. The molecule has 2 atom stereocenters. The minimum Gasteiger partial charge on any atom is -0.295 e. The molecular weight excluding hydrogens is 148 g/mol. The Bertz CT molecular complexity index is 279. The smallest absolute Gasteiger partial charge is 0.159 e. The number of carbonyl (C=O) groups excluding carboxylic acids is 1. The summed E-state index contributed by atoms with van der Waals surface area (Å²) in [5.74, 6) is 1.14. The molecule has 0 aromatic rings. The minimum absolute atomic E-state index is 0.286. The van der Waals surface area contributed by atoms with Crippen molar-refractivity contribution in [2.75, 3.05) is 0 Å². The number of rotatable bonds is 0. The van der Waals surface area contributed by atoms with Crippen LogP contribution >= 0.6 is 0 Å². The van der Waals surface area contributed by atoms with E-state index >= 15 is 0 Å². The van der Waals surface area contributed by atoms with E-state index in [-0.39, 0.29) is 5.92 Å². The molecule has 2 aliphatic rings. The van der Waals surface area contributed by atoms with Crippen LogP contribution in [-0.2, 0) is 4.79 Å². The summed E-state index contributed by atoms with van der Waals surface area (Å²) in [5.41, 5.74) is 2.91. The third-order valence-corrected chi connectivity index (χ3v) is 3.19. The number of hydrogen-bond donors (Lipinski definition) is 0. The molecule has 0 heterocycles. The molecule has 1 nitrogen and oxygen atoms in total. The van der Waals surface area contributed by atoms with Gasteiger partial charge in [-0.05, 0) is 38.7 Å². The highest BCUT2D eigenvalue weighted by Gasteiger charge is 2.33. The zero-order chi connectivity index (χ0) is 8.72. The van der Waals surface area contributed by atoms with Crippen molar-refractivity contribution < 1.29 is 4.79 Å². The van der Waals surface area contributed by atoms with Crippen LogP contribution in [0.2, 0.25) is 0 Å². The zero-order valence-corrected chi connectivity index (χ0v) is 7.63. The van der Waals surface area contributed by atoms with Crippen molar-refractivity contribution in [1.29, 1.82) is 0 Å². The van der Waals surface area contributed by atoms with Gasteiger partial charge in [0.05, 0.1) is 0 Å². The van der Waals surface area contributed by atoms with E-state index in [4.69, 9.17) is 0 Å². The third kappa shape index (κ3) is 1.04. The maximum absolute atomic E-state index is 11.4. The highest BCUT2D eigenvalue weighted by Crippen LogP contribution is 2.38. The first-order chi connectivity index (χ1) is 5.68. The predicted octanol–water partition coefficient (Wildman–Crippen LogP) is 2.49. The van der Waals surface area contributed by atoms with Crippen LogP contribution in [0.1, 0.15) is 26.7 Å². The van der Waals surface area contributed by atoms with Crippen molar-refractivity contribution in [2.45, 2.75) is 26.7 Å². The van der Waals surface area contributed by atoms with Gasteiger partial charge in [-0.2, -0.15) is 0 Å². The molecule has 0 fully saturated rings. The van der Waals surface area contributed by atoms with Crippen molar-refractivity contribution in [3.8, 4) is 0 Å². The lowest BCUT2D eigenvalue weighted by Gasteiger charge is -2.25. The van der Waals surface area contributed by atoms with Crippen LogP contribution in [0.4, 0.5) is 0 Å². The Morgan fingerprint density at radius 2 is 1.92 bits per heavy atom. The first-order valence-electron chi connectivity index (χ1n) is 4.56. The van der Waals surface area contributed by atoms with Gasteiger partial charge in [0.25, 0.3) is 0 Å². The average Bonchev–Trinajstić information content (AvgIpc) is 2.35. The maximum Gasteiger partial charge on any atom is 0.159 e. The number of hydrogen-bond acceptors (Lipinski definition) is 1. The van der Waals surface area contributed by atoms with E-state index in [9.17, 15) is 4.79 Å². The molecule has 2 rings (SSSR count). The first-order valence-corrected chi connectivity index (χ1v) is 4.56. The number of ketones is 1. The van der Waals surface area contributed by atoms with E-state index in [1.165, 1.54) is 11.1 Å². The maximum atomic E-state index is 11.4. The first kappa shape index (κ1) is 7.78. The summed E-state index contributed by atoms with van der Waals surface area (Å²) in [4.78, 5) is 11.4. The minimum atomic E-state index is 0.286. The molecule has 1 heteroatoms. The van der Waals surface area contributed by atoms with Gasteiger partial charge in [0.1, 0.15) is 0 Å². The molecule has 0 bridgehead atoms. The largest absolute Gasteiger partial charge is 0.295 e. The van der Waals surface area contributed by atoms with Gasteiger partial charge in [-0.15, -0.1) is 0 Å². The van der Waals surface area contributed by atoms with Crippen LogP contribution in [0.3, 0.4) is 0 Å². The van der Waals surface area contributed by atoms with Gasteiger partial charge in [-0.25, -0.2) is 0 Å². The van der Waals surface area contributed by atoms with E-state index < -0.39 is 0 Å². The van der Waals surface area contributed by atoms with Crippen LogP contribution in [0.5, 0.6) is 0 Å². The lowest BCUT2D eigenvalue weighted by Crippen LogP contribution is -2.20. The summed E-state index contributed by atoms with van der Waals surface area (Å²) in [6.07, 6.45) is 5.94. The highest BCUT2D eigenvalue weighted by atomic mass is 16.1. The fraction of sp³-hybridized carbons (Fsp3) is 0.545. The van der Waals surface area contributed by atoms with Crippen LogP contribution < -0.4 is 0 Å². The van der Waals surface area contributed by atoms with E-state index in [0.717, 1.165) is 12.8 Å². The molecule has 0 spiro atoms. The van der Waals surface area contributed by atoms with Crippen molar-refractivity contribution >= 4 is 5.78 Å². The topological polar surface area (TPSA) is 17.1 Å². The third-order valence-electron chi connectivity index (χ3n) is 3.19. The molecule has 0 radical (unpaired) electrons. The fourth-order valence-corrected chi connectivity index (χ4v) is 2.18. The van der Waals surface area contributed by atoms with Gasteiger partial charge >= 0.3 is 0 Å². The standard InChI is InChI=1S/C11H14O/c1-7-5-9-3-4-11(12)10(9)6-8(7)2/h3-4,9-10H,5-6H2,1-2H3/t9-,10+/m1/s1. The van der Waals surface area contributed by atoms with Crippen LogP contribution in [0.15, 0.2) is 23.3 Å². The summed E-state index contributed by atoms with van der Waals surface area (Å²) >= 11 is 0. The average molecular weight is 162 g/mol. The molecular formula is C11H14O. The molecule has 0 aromatic carbocycles. The second-order valence-electron chi connectivity index (χ2n) is 4.00.